The van der Waals surface area contributed by atoms with Crippen molar-refractivity contribution < 1.29 is 19.1 Å². The molecule has 0 aliphatic rings. The number of amides is 3. The summed E-state index contributed by atoms with van der Waals surface area (Å²) in [6.45, 7) is 5.19. The van der Waals surface area contributed by atoms with E-state index in [0.29, 0.717) is 5.56 Å². The van der Waals surface area contributed by atoms with Crippen molar-refractivity contribution in [1.29, 1.82) is 0 Å². The van der Waals surface area contributed by atoms with Crippen LogP contribution in [-0.4, -0.2) is 33.3 Å². The number of hydrogen-bond acceptors (Lipinski definition) is 6. The fraction of sp³-hybridized carbons (Fsp3) is 0.294. The van der Waals surface area contributed by atoms with Gasteiger partial charge in [-0.1, -0.05) is 31.0 Å². The standard InChI is InChI=1S/C17H20N4O4S/c1-17(2,3)25-14(22)11-20-10-9-13(19-20)21(26)16(24)18-15(23)12-7-5-4-6-8-12/h4-10,26H,11H2,1-3H3,(H,18,23,24). The molecule has 0 atom stereocenters. The molecule has 1 N–H and O–H groups in total. The fourth-order valence-electron chi connectivity index (χ4n) is 1.97. The highest BCUT2D eigenvalue weighted by atomic mass is 32.1. The van der Waals surface area contributed by atoms with Gasteiger partial charge in [0.05, 0.1) is 0 Å². The number of nitrogens with zero attached hydrogens (tertiary/aromatic N) is 3. The molecule has 1 aromatic heterocycles. The van der Waals surface area contributed by atoms with Crippen molar-refractivity contribution in [3.63, 3.8) is 0 Å². The van der Waals surface area contributed by atoms with Gasteiger partial charge in [0, 0.05) is 17.8 Å². The van der Waals surface area contributed by atoms with E-state index in [0.717, 1.165) is 4.31 Å². The summed E-state index contributed by atoms with van der Waals surface area (Å²) in [5.41, 5.74) is -0.251. The largest absolute Gasteiger partial charge is 0.459 e. The van der Waals surface area contributed by atoms with Crippen molar-refractivity contribution in [1.82, 2.24) is 15.1 Å². The van der Waals surface area contributed by atoms with E-state index < -0.39 is 23.5 Å². The fourth-order valence-corrected chi connectivity index (χ4v) is 2.13. The molecule has 0 aliphatic carbocycles. The molecule has 8 nitrogen and oxygen atoms in total. The highest BCUT2D eigenvalue weighted by Gasteiger charge is 2.20. The minimum absolute atomic E-state index is 0.108. The first-order valence-electron chi connectivity index (χ1n) is 7.80. The third-order valence-electron chi connectivity index (χ3n) is 3.00. The molecule has 1 heterocycles. The van der Waals surface area contributed by atoms with Crippen LogP contribution in [0.2, 0.25) is 0 Å². The minimum atomic E-state index is -0.760. The SMILES string of the molecule is CC(C)(C)OC(=O)Cn1ccc(N(S)C(=O)NC(=O)c2ccccc2)n1. The first-order chi connectivity index (χ1) is 12.2. The maximum atomic E-state index is 12.1. The van der Waals surface area contributed by atoms with Gasteiger partial charge in [0.25, 0.3) is 5.91 Å². The molecular formula is C17H20N4O4S. The quantitative estimate of drug-likeness (QED) is 0.631. The Morgan fingerprint density at radius 1 is 1.19 bits per heavy atom. The van der Waals surface area contributed by atoms with Gasteiger partial charge >= 0.3 is 12.0 Å². The number of thiol groups is 1. The first-order valence-corrected chi connectivity index (χ1v) is 8.20. The normalized spacial score (nSPS) is 10.9. The Morgan fingerprint density at radius 3 is 2.46 bits per heavy atom. The lowest BCUT2D eigenvalue weighted by atomic mass is 10.2. The van der Waals surface area contributed by atoms with Crippen molar-refractivity contribution in [2.75, 3.05) is 4.31 Å². The average Bonchev–Trinajstić information content (AvgIpc) is 3.01. The van der Waals surface area contributed by atoms with Gasteiger partial charge in [-0.15, -0.1) is 0 Å². The maximum Gasteiger partial charge on any atom is 0.340 e. The van der Waals surface area contributed by atoms with E-state index >= 15 is 0 Å². The number of nitrogens with one attached hydrogen (secondary N) is 1. The molecule has 3 amide bonds. The summed E-state index contributed by atoms with van der Waals surface area (Å²) < 4.78 is 7.40. The van der Waals surface area contributed by atoms with Crippen LogP contribution in [0.4, 0.5) is 10.6 Å². The van der Waals surface area contributed by atoms with Crippen molar-refractivity contribution in [3.05, 3.63) is 48.2 Å². The molecule has 0 spiro atoms. The summed E-state index contributed by atoms with van der Waals surface area (Å²) >= 11 is 4.05. The Hall–Kier alpha value is -2.81. The summed E-state index contributed by atoms with van der Waals surface area (Å²) in [7, 11) is 0. The van der Waals surface area contributed by atoms with Crippen LogP contribution < -0.4 is 9.62 Å². The number of urea groups is 1. The van der Waals surface area contributed by atoms with Gasteiger partial charge in [-0.3, -0.25) is 19.6 Å². The Balaban J connectivity index is 1.96. The van der Waals surface area contributed by atoms with E-state index in [1.165, 1.54) is 16.9 Å². The predicted octanol–water partition coefficient (Wildman–Crippen LogP) is 2.43. The lowest BCUT2D eigenvalue weighted by molar-refractivity contribution is -0.155. The molecule has 0 saturated heterocycles. The van der Waals surface area contributed by atoms with E-state index in [9.17, 15) is 14.4 Å². The van der Waals surface area contributed by atoms with Crippen molar-refractivity contribution in [2.24, 2.45) is 0 Å². The third-order valence-corrected chi connectivity index (χ3v) is 3.39. The number of esters is 1. The number of rotatable bonds is 4. The number of hydrogen-bond donors (Lipinski definition) is 2. The Labute approximate surface area is 156 Å². The molecule has 0 unspecified atom stereocenters. The lowest BCUT2D eigenvalue weighted by Crippen LogP contribution is -2.38. The summed E-state index contributed by atoms with van der Waals surface area (Å²) in [5, 5.41) is 6.28. The van der Waals surface area contributed by atoms with Crippen molar-refractivity contribution in [3.8, 4) is 0 Å². The zero-order valence-corrected chi connectivity index (χ0v) is 15.6. The second kappa shape index (κ2) is 8.05. The van der Waals surface area contributed by atoms with Gasteiger partial charge in [0.15, 0.2) is 5.82 Å². The number of ether oxygens (including phenoxy) is 1. The minimum Gasteiger partial charge on any atom is -0.459 e. The molecular weight excluding hydrogens is 356 g/mol. The van der Waals surface area contributed by atoms with Gasteiger partial charge in [0.2, 0.25) is 0 Å². The average molecular weight is 376 g/mol. The zero-order valence-electron chi connectivity index (χ0n) is 14.7. The maximum absolute atomic E-state index is 12.1. The number of anilines is 1. The Kier molecular flexibility index (Phi) is 6.04. The molecule has 0 saturated carbocycles. The summed E-state index contributed by atoms with van der Waals surface area (Å²) in [6.07, 6.45) is 1.51. The van der Waals surface area contributed by atoms with E-state index in [1.54, 1.807) is 51.1 Å². The van der Waals surface area contributed by atoms with E-state index in [4.69, 9.17) is 4.74 Å². The van der Waals surface area contributed by atoms with Crippen molar-refractivity contribution >= 4 is 36.5 Å². The molecule has 0 radical (unpaired) electrons. The van der Waals surface area contributed by atoms with Gasteiger partial charge < -0.3 is 4.74 Å². The first kappa shape index (κ1) is 19.5. The van der Waals surface area contributed by atoms with E-state index in [1.807, 2.05) is 0 Å². The highest BCUT2D eigenvalue weighted by molar-refractivity contribution is 7.82. The number of carbonyl (C=O) groups excluding carboxylic acids is 3. The Bertz CT molecular complexity index is 799. The molecule has 9 heteroatoms. The van der Waals surface area contributed by atoms with Gasteiger partial charge in [-0.2, -0.15) is 5.10 Å². The molecule has 0 bridgehead atoms. The number of carbonyl (C=O) groups is 3. The van der Waals surface area contributed by atoms with Crippen LogP contribution in [0.25, 0.3) is 0 Å². The third kappa shape index (κ3) is 5.62. The van der Waals surface area contributed by atoms with Gasteiger partial charge in [-0.05, 0) is 32.9 Å². The van der Waals surface area contributed by atoms with Crippen LogP contribution in [-0.2, 0) is 16.1 Å². The summed E-state index contributed by atoms with van der Waals surface area (Å²) in [6, 6.07) is 9.05. The van der Waals surface area contributed by atoms with Crippen LogP contribution >= 0.6 is 12.8 Å². The van der Waals surface area contributed by atoms with E-state index in [-0.39, 0.29) is 12.4 Å². The molecule has 26 heavy (non-hydrogen) atoms. The van der Waals surface area contributed by atoms with Gasteiger partial charge in [-0.25, -0.2) is 9.10 Å². The predicted molar refractivity (Wildman–Crippen MR) is 98.8 cm³/mol. The lowest BCUT2D eigenvalue weighted by Gasteiger charge is -2.19. The summed E-state index contributed by atoms with van der Waals surface area (Å²) in [5.74, 6) is -0.848. The molecule has 0 aliphatic heterocycles. The number of imide groups is 1. The molecule has 2 aromatic rings. The molecule has 1 aromatic carbocycles. The van der Waals surface area contributed by atoms with Crippen LogP contribution in [0.15, 0.2) is 42.6 Å². The topological polar surface area (TPSA) is 93.5 Å². The Morgan fingerprint density at radius 2 is 1.85 bits per heavy atom. The second-order valence-corrected chi connectivity index (χ2v) is 6.80. The summed E-state index contributed by atoms with van der Waals surface area (Å²) in [4.78, 5) is 35.9. The van der Waals surface area contributed by atoms with Crippen LogP contribution in [0.3, 0.4) is 0 Å². The number of benzene rings is 1. The van der Waals surface area contributed by atoms with Gasteiger partial charge in [0.1, 0.15) is 12.1 Å². The highest BCUT2D eigenvalue weighted by Crippen LogP contribution is 2.14. The number of aromatic nitrogens is 2. The smallest absolute Gasteiger partial charge is 0.340 e. The second-order valence-electron chi connectivity index (χ2n) is 6.40. The molecule has 138 valence electrons. The van der Waals surface area contributed by atoms with Crippen LogP contribution in [0.1, 0.15) is 31.1 Å². The monoisotopic (exact) mass is 376 g/mol. The zero-order chi connectivity index (χ0) is 19.3. The molecule has 0 fully saturated rings. The van der Waals surface area contributed by atoms with E-state index in [2.05, 4.69) is 23.2 Å². The van der Waals surface area contributed by atoms with Crippen LogP contribution in [0, 0.1) is 0 Å². The molecule has 2 rings (SSSR count). The van der Waals surface area contributed by atoms with Crippen molar-refractivity contribution in [2.45, 2.75) is 32.9 Å². The van der Waals surface area contributed by atoms with Crippen LogP contribution in [0.5, 0.6) is 0 Å².